The van der Waals surface area contributed by atoms with E-state index in [1.54, 1.807) is 4.90 Å². The Hall–Kier alpha value is -0.820. The minimum Gasteiger partial charge on any atom is -0.392 e. The zero-order chi connectivity index (χ0) is 12.6. The summed E-state index contributed by atoms with van der Waals surface area (Å²) in [7, 11) is 0. The molecule has 0 aromatic carbocycles. The van der Waals surface area contributed by atoms with E-state index in [0.29, 0.717) is 25.9 Å². The number of nitrogens with zero attached hydrogens (tertiary/aromatic N) is 2. The number of carbonyl (C=O) groups is 1. The van der Waals surface area contributed by atoms with Gasteiger partial charge in [-0.15, -0.1) is 0 Å². The fraction of sp³-hybridized carbons (Fsp3) is 0.900. The smallest absolute Gasteiger partial charge is 0.392 e. The molecule has 1 N–H and O–H groups in total. The van der Waals surface area contributed by atoms with Crippen LogP contribution in [-0.2, 0) is 4.79 Å². The lowest BCUT2D eigenvalue weighted by molar-refractivity contribution is -0.159. The van der Waals surface area contributed by atoms with Crippen molar-refractivity contribution in [1.82, 2.24) is 9.80 Å². The van der Waals surface area contributed by atoms with E-state index in [1.807, 2.05) is 0 Å². The highest BCUT2D eigenvalue weighted by molar-refractivity contribution is 5.84. The van der Waals surface area contributed by atoms with Gasteiger partial charge in [0, 0.05) is 19.6 Å². The molecule has 17 heavy (non-hydrogen) atoms. The molecule has 0 aromatic heterocycles. The molecule has 4 nitrogen and oxygen atoms in total. The van der Waals surface area contributed by atoms with E-state index in [1.165, 1.54) is 0 Å². The average molecular weight is 252 g/mol. The zero-order valence-electron chi connectivity index (χ0n) is 9.28. The topological polar surface area (TPSA) is 43.8 Å². The molecule has 2 saturated heterocycles. The summed E-state index contributed by atoms with van der Waals surface area (Å²) in [4.78, 5) is 14.4. The molecule has 7 heteroatoms. The largest absolute Gasteiger partial charge is 0.406 e. The summed E-state index contributed by atoms with van der Waals surface area (Å²) in [6.45, 7) is -0.0535. The summed E-state index contributed by atoms with van der Waals surface area (Å²) >= 11 is 0. The first-order chi connectivity index (χ1) is 7.87. The van der Waals surface area contributed by atoms with Gasteiger partial charge in [-0.05, 0) is 12.8 Å². The van der Waals surface area contributed by atoms with Crippen LogP contribution >= 0.6 is 0 Å². The predicted molar refractivity (Wildman–Crippen MR) is 53.2 cm³/mol. The van der Waals surface area contributed by atoms with Gasteiger partial charge in [-0.2, -0.15) is 13.2 Å². The first-order valence-corrected chi connectivity index (χ1v) is 5.64. The number of halogens is 3. The Kier molecular flexibility index (Phi) is 3.31. The maximum atomic E-state index is 12.2. The Morgan fingerprint density at radius 3 is 2.53 bits per heavy atom. The van der Waals surface area contributed by atoms with Crippen LogP contribution in [-0.4, -0.2) is 65.3 Å². The van der Waals surface area contributed by atoms with Crippen molar-refractivity contribution in [3.8, 4) is 0 Å². The van der Waals surface area contributed by atoms with Gasteiger partial charge < -0.3 is 10.0 Å². The molecule has 2 atom stereocenters. The van der Waals surface area contributed by atoms with E-state index in [9.17, 15) is 23.1 Å². The van der Waals surface area contributed by atoms with Crippen molar-refractivity contribution < 1.29 is 23.1 Å². The molecular formula is C10H15F3N2O2. The molecule has 2 fully saturated rings. The molecule has 2 rings (SSSR count). The summed E-state index contributed by atoms with van der Waals surface area (Å²) in [6, 6.07) is -0.477. The van der Waals surface area contributed by atoms with Crippen LogP contribution in [0.25, 0.3) is 0 Å². The number of hydrogen-bond acceptors (Lipinski definition) is 3. The van der Waals surface area contributed by atoms with E-state index in [4.69, 9.17) is 0 Å². The molecule has 2 aliphatic heterocycles. The first kappa shape index (κ1) is 12.6. The Labute approximate surface area is 97.0 Å². The maximum absolute atomic E-state index is 12.2. The molecule has 0 saturated carbocycles. The van der Waals surface area contributed by atoms with Gasteiger partial charge in [-0.1, -0.05) is 0 Å². The number of carbonyl (C=O) groups excluding carboxylic acids is 1. The van der Waals surface area contributed by atoms with Crippen molar-refractivity contribution in [3.05, 3.63) is 0 Å². The highest BCUT2D eigenvalue weighted by atomic mass is 19.4. The van der Waals surface area contributed by atoms with E-state index in [0.717, 1.165) is 4.90 Å². The van der Waals surface area contributed by atoms with Crippen LogP contribution in [0.3, 0.4) is 0 Å². The second kappa shape index (κ2) is 4.45. The molecule has 0 unspecified atom stereocenters. The molecule has 1 amide bonds. The molecule has 0 spiro atoms. The fourth-order valence-corrected chi connectivity index (χ4v) is 2.49. The van der Waals surface area contributed by atoms with Crippen LogP contribution in [0.5, 0.6) is 0 Å². The summed E-state index contributed by atoms with van der Waals surface area (Å²) in [5, 5.41) is 9.35. The van der Waals surface area contributed by atoms with E-state index < -0.39 is 30.8 Å². The quantitative estimate of drug-likeness (QED) is 0.764. The van der Waals surface area contributed by atoms with E-state index in [2.05, 4.69) is 0 Å². The molecule has 0 aromatic rings. The van der Waals surface area contributed by atoms with Crippen molar-refractivity contribution in [2.45, 2.75) is 31.2 Å². The van der Waals surface area contributed by atoms with Crippen LogP contribution in [0.4, 0.5) is 13.2 Å². The third-order valence-electron chi connectivity index (χ3n) is 3.27. The van der Waals surface area contributed by atoms with Crippen LogP contribution in [0.1, 0.15) is 12.8 Å². The standard InChI is InChI=1S/C10H15F3N2O2/c11-10(12,13)6-15-4-2-8(9(15)17)14-3-1-7(16)5-14/h7-8,16H,1-6H2/t7-,8+/m1/s1. The van der Waals surface area contributed by atoms with Gasteiger partial charge in [0.25, 0.3) is 0 Å². The Morgan fingerprint density at radius 2 is 2.00 bits per heavy atom. The fourth-order valence-electron chi connectivity index (χ4n) is 2.49. The van der Waals surface area contributed by atoms with Gasteiger partial charge in [-0.3, -0.25) is 9.69 Å². The third-order valence-corrected chi connectivity index (χ3v) is 3.27. The van der Waals surface area contributed by atoms with Crippen LogP contribution in [0.15, 0.2) is 0 Å². The van der Waals surface area contributed by atoms with Crippen molar-refractivity contribution in [2.75, 3.05) is 26.2 Å². The minimum absolute atomic E-state index is 0.148. The maximum Gasteiger partial charge on any atom is 0.406 e. The molecule has 98 valence electrons. The lowest BCUT2D eigenvalue weighted by Gasteiger charge is -2.23. The number of amides is 1. The van der Waals surface area contributed by atoms with Crippen molar-refractivity contribution in [1.29, 1.82) is 0 Å². The lowest BCUT2D eigenvalue weighted by atomic mass is 10.2. The number of hydrogen-bond donors (Lipinski definition) is 1. The minimum atomic E-state index is -4.34. The second-order valence-corrected chi connectivity index (χ2v) is 4.62. The molecule has 0 aliphatic carbocycles. The molecule has 2 heterocycles. The van der Waals surface area contributed by atoms with Gasteiger partial charge in [0.2, 0.25) is 5.91 Å². The lowest BCUT2D eigenvalue weighted by Crippen LogP contribution is -2.43. The third kappa shape index (κ3) is 2.90. The number of aliphatic hydroxyl groups is 1. The van der Waals surface area contributed by atoms with Crippen molar-refractivity contribution in [2.24, 2.45) is 0 Å². The highest BCUT2D eigenvalue weighted by Gasteiger charge is 2.42. The van der Waals surface area contributed by atoms with Gasteiger partial charge in [-0.25, -0.2) is 0 Å². The van der Waals surface area contributed by atoms with E-state index >= 15 is 0 Å². The number of aliphatic hydroxyl groups excluding tert-OH is 1. The summed E-state index contributed by atoms with van der Waals surface area (Å²) < 4.78 is 36.6. The SMILES string of the molecule is O=C1[C@@H](N2CC[C@@H](O)C2)CCN1CC(F)(F)F. The van der Waals surface area contributed by atoms with Crippen molar-refractivity contribution in [3.63, 3.8) is 0 Å². The number of likely N-dealkylation sites (tertiary alicyclic amines) is 2. The number of alkyl halides is 3. The molecule has 0 radical (unpaired) electrons. The van der Waals surface area contributed by atoms with Crippen LogP contribution in [0.2, 0.25) is 0 Å². The summed E-state index contributed by atoms with van der Waals surface area (Å²) in [6.07, 6.45) is -3.79. The first-order valence-electron chi connectivity index (χ1n) is 5.64. The summed E-state index contributed by atoms with van der Waals surface area (Å²) in [5.41, 5.74) is 0. The van der Waals surface area contributed by atoms with Gasteiger partial charge >= 0.3 is 6.18 Å². The molecule has 0 bridgehead atoms. The number of rotatable bonds is 2. The van der Waals surface area contributed by atoms with Crippen LogP contribution in [0, 0.1) is 0 Å². The predicted octanol–water partition coefficient (Wildman–Crippen LogP) is 0.216. The second-order valence-electron chi connectivity index (χ2n) is 4.62. The van der Waals surface area contributed by atoms with Gasteiger partial charge in [0.05, 0.1) is 12.1 Å². The van der Waals surface area contributed by atoms with Crippen molar-refractivity contribution >= 4 is 5.91 Å². The monoisotopic (exact) mass is 252 g/mol. The van der Waals surface area contributed by atoms with E-state index in [-0.39, 0.29) is 6.54 Å². The summed E-state index contributed by atoms with van der Waals surface area (Å²) in [5.74, 6) is -0.462. The Bertz CT molecular complexity index is 308. The van der Waals surface area contributed by atoms with Crippen LogP contribution < -0.4 is 0 Å². The Morgan fingerprint density at radius 1 is 1.29 bits per heavy atom. The molecular weight excluding hydrogens is 237 g/mol. The van der Waals surface area contributed by atoms with Gasteiger partial charge in [0.1, 0.15) is 6.54 Å². The zero-order valence-corrected chi connectivity index (χ0v) is 9.28. The van der Waals surface area contributed by atoms with Gasteiger partial charge in [0.15, 0.2) is 0 Å². The highest BCUT2D eigenvalue weighted by Crippen LogP contribution is 2.25. The molecule has 2 aliphatic rings. The normalized spacial score (nSPS) is 31.5. The average Bonchev–Trinajstić information content (AvgIpc) is 2.73. The number of β-amino-alcohol motifs (C(OH)–C–C–N with tert-alkyl or cyclic N) is 1. The Balaban J connectivity index is 1.93.